The van der Waals surface area contributed by atoms with Crippen LogP contribution in [0.15, 0.2) is 12.3 Å². The summed E-state index contributed by atoms with van der Waals surface area (Å²) in [6, 6.07) is 2.86. The molecular weight excluding hydrogens is 236 g/mol. The second kappa shape index (κ2) is 5.88. The number of nitrogens with two attached hydrogens (primary N) is 1. The third-order valence-corrected chi connectivity index (χ3v) is 3.94. The fraction of sp³-hybridized carbons (Fsp3) is 0.667. The van der Waals surface area contributed by atoms with Gasteiger partial charge in [0.2, 0.25) is 0 Å². The summed E-state index contributed by atoms with van der Waals surface area (Å²) in [5, 5.41) is 0. The largest absolute Gasteiger partial charge is 0.354 e. The SMILES string of the molecule is Cc1cc([C@H](C)N)cnc1N1CCN(C(C)C)CC1. The summed E-state index contributed by atoms with van der Waals surface area (Å²) < 4.78 is 0. The Morgan fingerprint density at radius 1 is 1.16 bits per heavy atom. The average Bonchev–Trinajstić information content (AvgIpc) is 2.38. The van der Waals surface area contributed by atoms with Crippen molar-refractivity contribution < 1.29 is 0 Å². The second-order valence-electron chi connectivity index (χ2n) is 5.81. The minimum Gasteiger partial charge on any atom is -0.354 e. The van der Waals surface area contributed by atoms with Crippen molar-refractivity contribution in [1.82, 2.24) is 9.88 Å². The van der Waals surface area contributed by atoms with Crippen molar-refractivity contribution in [3.63, 3.8) is 0 Å². The van der Waals surface area contributed by atoms with Crippen LogP contribution in [0.25, 0.3) is 0 Å². The maximum atomic E-state index is 5.90. The number of aromatic nitrogens is 1. The zero-order chi connectivity index (χ0) is 14.0. The summed E-state index contributed by atoms with van der Waals surface area (Å²) in [5.74, 6) is 1.12. The standard InChI is InChI=1S/C15H26N4/c1-11(2)18-5-7-19(8-6-18)15-12(3)9-14(10-17-15)13(4)16/h9-11,13H,5-8,16H2,1-4H3/t13-/m0/s1. The van der Waals surface area contributed by atoms with Crippen molar-refractivity contribution in [3.8, 4) is 0 Å². The normalized spacial score (nSPS) is 18.9. The molecule has 0 aliphatic carbocycles. The van der Waals surface area contributed by atoms with Gasteiger partial charge in [0.1, 0.15) is 5.82 Å². The van der Waals surface area contributed by atoms with Gasteiger partial charge in [-0.2, -0.15) is 0 Å². The van der Waals surface area contributed by atoms with Crippen LogP contribution in [0.3, 0.4) is 0 Å². The Bertz CT molecular complexity index is 420. The van der Waals surface area contributed by atoms with Gasteiger partial charge in [0, 0.05) is 44.5 Å². The summed E-state index contributed by atoms with van der Waals surface area (Å²) in [5.41, 5.74) is 8.24. The highest BCUT2D eigenvalue weighted by Crippen LogP contribution is 2.22. The van der Waals surface area contributed by atoms with Gasteiger partial charge in [0.15, 0.2) is 0 Å². The Morgan fingerprint density at radius 3 is 2.26 bits per heavy atom. The van der Waals surface area contributed by atoms with Crippen molar-refractivity contribution >= 4 is 5.82 Å². The van der Waals surface area contributed by atoms with Crippen molar-refractivity contribution in [2.75, 3.05) is 31.1 Å². The van der Waals surface area contributed by atoms with Crippen LogP contribution in [0.1, 0.15) is 37.9 Å². The van der Waals surface area contributed by atoms with Crippen molar-refractivity contribution in [2.24, 2.45) is 5.73 Å². The fourth-order valence-corrected chi connectivity index (χ4v) is 2.62. The topological polar surface area (TPSA) is 45.4 Å². The van der Waals surface area contributed by atoms with Gasteiger partial charge in [-0.1, -0.05) is 0 Å². The summed E-state index contributed by atoms with van der Waals surface area (Å²) in [6.45, 7) is 13.0. The molecule has 0 radical (unpaired) electrons. The Kier molecular flexibility index (Phi) is 4.42. The molecule has 1 aromatic heterocycles. The minimum atomic E-state index is 0.0537. The molecule has 1 aliphatic heterocycles. The molecule has 1 atom stereocenters. The highest BCUT2D eigenvalue weighted by molar-refractivity contribution is 5.48. The van der Waals surface area contributed by atoms with E-state index in [2.05, 4.69) is 41.6 Å². The molecule has 1 saturated heterocycles. The zero-order valence-electron chi connectivity index (χ0n) is 12.6. The molecule has 4 heteroatoms. The van der Waals surface area contributed by atoms with E-state index in [0.29, 0.717) is 6.04 Å². The van der Waals surface area contributed by atoms with Gasteiger partial charge < -0.3 is 10.6 Å². The zero-order valence-corrected chi connectivity index (χ0v) is 12.6. The van der Waals surface area contributed by atoms with Gasteiger partial charge in [0.05, 0.1) is 0 Å². The van der Waals surface area contributed by atoms with E-state index in [9.17, 15) is 0 Å². The molecule has 19 heavy (non-hydrogen) atoms. The molecule has 0 aromatic carbocycles. The van der Waals surface area contributed by atoms with E-state index in [1.54, 1.807) is 0 Å². The number of anilines is 1. The van der Waals surface area contributed by atoms with Gasteiger partial charge in [-0.05, 0) is 44.9 Å². The lowest BCUT2D eigenvalue weighted by molar-refractivity contribution is 0.209. The Balaban J connectivity index is 2.07. The molecule has 1 aromatic rings. The number of rotatable bonds is 3. The van der Waals surface area contributed by atoms with E-state index in [1.807, 2.05) is 13.1 Å². The first-order chi connectivity index (χ1) is 8.99. The molecular formula is C15H26N4. The van der Waals surface area contributed by atoms with Gasteiger partial charge in [0.25, 0.3) is 0 Å². The third kappa shape index (κ3) is 3.25. The molecule has 1 fully saturated rings. The molecule has 2 rings (SSSR count). The summed E-state index contributed by atoms with van der Waals surface area (Å²) in [6.07, 6.45) is 1.92. The lowest BCUT2D eigenvalue weighted by Crippen LogP contribution is -2.49. The van der Waals surface area contributed by atoms with Crippen molar-refractivity contribution in [3.05, 3.63) is 23.4 Å². The lowest BCUT2D eigenvalue weighted by Gasteiger charge is -2.38. The first kappa shape index (κ1) is 14.3. The van der Waals surface area contributed by atoms with Crippen LogP contribution in [-0.2, 0) is 0 Å². The van der Waals surface area contributed by atoms with E-state index in [4.69, 9.17) is 5.73 Å². The molecule has 0 bridgehead atoms. The second-order valence-corrected chi connectivity index (χ2v) is 5.81. The molecule has 2 heterocycles. The summed E-state index contributed by atoms with van der Waals surface area (Å²) in [7, 11) is 0. The summed E-state index contributed by atoms with van der Waals surface area (Å²) in [4.78, 5) is 9.52. The monoisotopic (exact) mass is 262 g/mol. The highest BCUT2D eigenvalue weighted by Gasteiger charge is 2.20. The Labute approximate surface area is 116 Å². The van der Waals surface area contributed by atoms with Crippen LogP contribution in [0.2, 0.25) is 0 Å². The first-order valence-corrected chi connectivity index (χ1v) is 7.20. The predicted octanol–water partition coefficient (Wildman–Crippen LogP) is 1.94. The average molecular weight is 262 g/mol. The van der Waals surface area contributed by atoms with Gasteiger partial charge >= 0.3 is 0 Å². The fourth-order valence-electron chi connectivity index (χ4n) is 2.62. The molecule has 1 aliphatic rings. The van der Waals surface area contributed by atoms with E-state index in [-0.39, 0.29) is 6.04 Å². The van der Waals surface area contributed by atoms with Crippen molar-refractivity contribution in [1.29, 1.82) is 0 Å². The van der Waals surface area contributed by atoms with E-state index >= 15 is 0 Å². The van der Waals surface area contributed by atoms with Crippen LogP contribution in [0.4, 0.5) is 5.82 Å². The lowest BCUT2D eigenvalue weighted by atomic mass is 10.1. The molecule has 2 N–H and O–H groups in total. The summed E-state index contributed by atoms with van der Waals surface area (Å²) >= 11 is 0. The molecule has 0 saturated carbocycles. The van der Waals surface area contributed by atoms with Crippen LogP contribution >= 0.6 is 0 Å². The third-order valence-electron chi connectivity index (χ3n) is 3.94. The van der Waals surface area contributed by atoms with Crippen LogP contribution in [0.5, 0.6) is 0 Å². The van der Waals surface area contributed by atoms with Crippen LogP contribution in [0, 0.1) is 6.92 Å². The minimum absolute atomic E-state index is 0.0537. The van der Waals surface area contributed by atoms with E-state index in [1.165, 1.54) is 5.56 Å². The Morgan fingerprint density at radius 2 is 1.79 bits per heavy atom. The maximum absolute atomic E-state index is 5.90. The number of piperazine rings is 1. The first-order valence-electron chi connectivity index (χ1n) is 7.20. The molecule has 0 spiro atoms. The molecule has 0 unspecified atom stereocenters. The molecule has 0 amide bonds. The number of hydrogen-bond donors (Lipinski definition) is 1. The quantitative estimate of drug-likeness (QED) is 0.904. The Hall–Kier alpha value is -1.13. The number of aryl methyl sites for hydroxylation is 1. The number of pyridine rings is 1. The van der Waals surface area contributed by atoms with Gasteiger partial charge in [-0.15, -0.1) is 0 Å². The smallest absolute Gasteiger partial charge is 0.131 e. The predicted molar refractivity (Wildman–Crippen MR) is 80.5 cm³/mol. The van der Waals surface area contributed by atoms with Gasteiger partial charge in [-0.25, -0.2) is 4.98 Å². The molecule has 106 valence electrons. The van der Waals surface area contributed by atoms with E-state index < -0.39 is 0 Å². The van der Waals surface area contributed by atoms with E-state index in [0.717, 1.165) is 37.6 Å². The number of hydrogen-bond acceptors (Lipinski definition) is 4. The number of nitrogens with zero attached hydrogens (tertiary/aromatic N) is 3. The maximum Gasteiger partial charge on any atom is 0.131 e. The molecule has 4 nitrogen and oxygen atoms in total. The highest BCUT2D eigenvalue weighted by atomic mass is 15.3. The van der Waals surface area contributed by atoms with Crippen LogP contribution < -0.4 is 10.6 Å². The van der Waals surface area contributed by atoms with Gasteiger partial charge in [-0.3, -0.25) is 4.90 Å². The van der Waals surface area contributed by atoms with Crippen molar-refractivity contribution in [2.45, 2.75) is 39.8 Å². The van der Waals surface area contributed by atoms with Crippen LogP contribution in [-0.4, -0.2) is 42.1 Å².